The van der Waals surface area contributed by atoms with Gasteiger partial charge in [-0.25, -0.2) is 0 Å². The summed E-state index contributed by atoms with van der Waals surface area (Å²) in [6, 6.07) is 2.04. The van der Waals surface area contributed by atoms with E-state index in [1.807, 2.05) is 13.0 Å². The van der Waals surface area contributed by atoms with Gasteiger partial charge in [0.2, 0.25) is 0 Å². The van der Waals surface area contributed by atoms with Gasteiger partial charge in [-0.3, -0.25) is 0 Å². The average Bonchev–Trinajstić information content (AvgIpc) is 2.58. The molecule has 1 N–H and O–H groups in total. The fourth-order valence-electron chi connectivity index (χ4n) is 2.25. The number of nitrogens with one attached hydrogen (secondary N) is 1. The molecule has 4 nitrogen and oxygen atoms in total. The third kappa shape index (κ3) is 4.30. The molecule has 1 aromatic rings. The number of anilines is 1. The Hall–Kier alpha value is -1.16. The molecule has 0 aromatic carbocycles. The van der Waals surface area contributed by atoms with Crippen LogP contribution in [0.2, 0.25) is 0 Å². The third-order valence-corrected chi connectivity index (χ3v) is 3.22. The Morgan fingerprint density at radius 1 is 1.24 bits per heavy atom. The minimum Gasteiger partial charge on any atom is -0.367 e. The van der Waals surface area contributed by atoms with Crippen LogP contribution in [0.4, 0.5) is 5.82 Å². The van der Waals surface area contributed by atoms with Gasteiger partial charge in [0, 0.05) is 13.1 Å². The first kappa shape index (κ1) is 12.3. The topological polar surface area (TPSA) is 41.1 Å². The first-order valence-electron chi connectivity index (χ1n) is 6.60. The molecule has 0 amide bonds. The molecule has 1 saturated heterocycles. The molecule has 1 aliphatic heterocycles. The smallest absolute Gasteiger partial charge is 0.148 e. The molecule has 1 aliphatic rings. The maximum Gasteiger partial charge on any atom is 0.148 e. The highest BCUT2D eigenvalue weighted by Gasteiger charge is 2.08. The predicted molar refractivity (Wildman–Crippen MR) is 70.2 cm³/mol. The van der Waals surface area contributed by atoms with E-state index in [0.29, 0.717) is 0 Å². The van der Waals surface area contributed by atoms with Crippen molar-refractivity contribution in [1.82, 2.24) is 15.1 Å². The van der Waals surface area contributed by atoms with Crippen molar-refractivity contribution in [3.05, 3.63) is 17.8 Å². The van der Waals surface area contributed by atoms with Gasteiger partial charge in [0.05, 0.1) is 6.20 Å². The molecule has 4 heteroatoms. The van der Waals surface area contributed by atoms with Crippen molar-refractivity contribution < 1.29 is 0 Å². The molecule has 1 aromatic heterocycles. The van der Waals surface area contributed by atoms with Gasteiger partial charge in [-0.1, -0.05) is 12.8 Å². The van der Waals surface area contributed by atoms with E-state index in [2.05, 4.69) is 20.4 Å². The van der Waals surface area contributed by atoms with Gasteiger partial charge in [0.1, 0.15) is 5.82 Å². The largest absolute Gasteiger partial charge is 0.367 e. The first-order chi connectivity index (χ1) is 8.34. The van der Waals surface area contributed by atoms with Gasteiger partial charge in [0.15, 0.2) is 0 Å². The fraction of sp³-hybridized carbons (Fsp3) is 0.692. The molecule has 0 saturated carbocycles. The summed E-state index contributed by atoms with van der Waals surface area (Å²) in [4.78, 5) is 2.54. The van der Waals surface area contributed by atoms with Crippen LogP contribution in [0.1, 0.15) is 31.2 Å². The number of nitrogens with zero attached hydrogens (tertiary/aromatic N) is 3. The summed E-state index contributed by atoms with van der Waals surface area (Å²) in [5.41, 5.74) is 1.15. The molecule has 94 valence electrons. The zero-order valence-corrected chi connectivity index (χ0v) is 10.7. The van der Waals surface area contributed by atoms with Crippen LogP contribution in [0, 0.1) is 6.92 Å². The van der Waals surface area contributed by atoms with Gasteiger partial charge in [0.25, 0.3) is 0 Å². The van der Waals surface area contributed by atoms with Crippen molar-refractivity contribution in [2.45, 2.75) is 32.6 Å². The summed E-state index contributed by atoms with van der Waals surface area (Å²) in [5.74, 6) is 0.889. The van der Waals surface area contributed by atoms with Crippen LogP contribution in [0.5, 0.6) is 0 Å². The van der Waals surface area contributed by atoms with E-state index in [4.69, 9.17) is 0 Å². The van der Waals surface area contributed by atoms with Crippen LogP contribution in [-0.2, 0) is 0 Å². The quantitative estimate of drug-likeness (QED) is 0.866. The lowest BCUT2D eigenvalue weighted by molar-refractivity contribution is 0.296. The van der Waals surface area contributed by atoms with Crippen LogP contribution in [0.15, 0.2) is 12.3 Å². The zero-order valence-electron chi connectivity index (χ0n) is 10.7. The lowest BCUT2D eigenvalue weighted by Crippen LogP contribution is -2.30. The molecule has 0 radical (unpaired) electrons. The predicted octanol–water partition coefficient (Wildman–Crippen LogP) is 2.07. The zero-order chi connectivity index (χ0) is 11.9. The van der Waals surface area contributed by atoms with Crippen molar-refractivity contribution in [2.75, 3.05) is 31.5 Å². The Morgan fingerprint density at radius 3 is 2.71 bits per heavy atom. The van der Waals surface area contributed by atoms with Crippen LogP contribution in [0.25, 0.3) is 0 Å². The number of hydrogen-bond donors (Lipinski definition) is 1. The number of hydrogen-bond acceptors (Lipinski definition) is 4. The number of aromatic nitrogens is 2. The van der Waals surface area contributed by atoms with Gasteiger partial charge in [-0.15, -0.1) is 5.10 Å². The molecular formula is C13H22N4. The number of rotatable bonds is 4. The summed E-state index contributed by atoms with van der Waals surface area (Å²) >= 11 is 0. The molecule has 0 bridgehead atoms. The standard InChI is InChI=1S/C13H22N4/c1-12-10-13(16-15-11-12)14-6-9-17-7-4-2-3-5-8-17/h10-11H,2-9H2,1H3,(H,14,16). The average molecular weight is 234 g/mol. The van der Waals surface area contributed by atoms with E-state index in [1.54, 1.807) is 6.20 Å². The highest BCUT2D eigenvalue weighted by Crippen LogP contribution is 2.09. The Kier molecular flexibility index (Phi) is 4.74. The first-order valence-corrected chi connectivity index (χ1v) is 6.60. The molecular weight excluding hydrogens is 212 g/mol. The minimum atomic E-state index is 0.889. The summed E-state index contributed by atoms with van der Waals surface area (Å²) in [6.45, 7) is 6.60. The van der Waals surface area contributed by atoms with Crippen LogP contribution in [-0.4, -0.2) is 41.3 Å². The maximum atomic E-state index is 4.06. The van der Waals surface area contributed by atoms with Crippen LogP contribution in [0.3, 0.4) is 0 Å². The molecule has 0 spiro atoms. The maximum absolute atomic E-state index is 4.06. The Labute approximate surface area is 103 Å². The second-order valence-electron chi connectivity index (χ2n) is 4.80. The summed E-state index contributed by atoms with van der Waals surface area (Å²) in [7, 11) is 0. The van der Waals surface area contributed by atoms with Gasteiger partial charge >= 0.3 is 0 Å². The molecule has 0 atom stereocenters. The summed E-state index contributed by atoms with van der Waals surface area (Å²) in [5, 5.41) is 11.3. The van der Waals surface area contributed by atoms with Crippen LogP contribution >= 0.6 is 0 Å². The number of likely N-dealkylation sites (tertiary alicyclic amines) is 1. The van der Waals surface area contributed by atoms with Crippen molar-refractivity contribution >= 4 is 5.82 Å². The monoisotopic (exact) mass is 234 g/mol. The number of aryl methyl sites for hydroxylation is 1. The van der Waals surface area contributed by atoms with E-state index in [9.17, 15) is 0 Å². The highest BCUT2D eigenvalue weighted by atomic mass is 15.2. The lowest BCUT2D eigenvalue weighted by atomic mass is 10.2. The Morgan fingerprint density at radius 2 is 2.00 bits per heavy atom. The van der Waals surface area contributed by atoms with E-state index in [1.165, 1.54) is 38.8 Å². The second kappa shape index (κ2) is 6.55. The minimum absolute atomic E-state index is 0.889. The van der Waals surface area contributed by atoms with Gasteiger partial charge in [-0.05, 0) is 44.5 Å². The molecule has 17 heavy (non-hydrogen) atoms. The van der Waals surface area contributed by atoms with Crippen molar-refractivity contribution in [1.29, 1.82) is 0 Å². The van der Waals surface area contributed by atoms with Gasteiger partial charge < -0.3 is 10.2 Å². The highest BCUT2D eigenvalue weighted by molar-refractivity contribution is 5.34. The molecule has 2 rings (SSSR count). The lowest BCUT2D eigenvalue weighted by Gasteiger charge is -2.19. The van der Waals surface area contributed by atoms with Crippen molar-refractivity contribution in [3.8, 4) is 0 Å². The van der Waals surface area contributed by atoms with E-state index < -0.39 is 0 Å². The Balaban J connectivity index is 1.71. The molecule has 2 heterocycles. The van der Waals surface area contributed by atoms with Crippen molar-refractivity contribution in [2.24, 2.45) is 0 Å². The summed E-state index contributed by atoms with van der Waals surface area (Å²) in [6.07, 6.45) is 7.27. The van der Waals surface area contributed by atoms with E-state index in [0.717, 1.165) is 24.5 Å². The third-order valence-electron chi connectivity index (χ3n) is 3.22. The fourth-order valence-corrected chi connectivity index (χ4v) is 2.25. The van der Waals surface area contributed by atoms with Gasteiger partial charge in [-0.2, -0.15) is 5.10 Å². The van der Waals surface area contributed by atoms with Crippen LogP contribution < -0.4 is 5.32 Å². The SMILES string of the molecule is Cc1cnnc(NCCN2CCCCCC2)c1. The second-order valence-corrected chi connectivity index (χ2v) is 4.80. The molecule has 0 aliphatic carbocycles. The Bertz CT molecular complexity index is 332. The molecule has 0 unspecified atom stereocenters. The normalized spacial score (nSPS) is 17.7. The van der Waals surface area contributed by atoms with Crippen molar-refractivity contribution in [3.63, 3.8) is 0 Å². The van der Waals surface area contributed by atoms with E-state index in [-0.39, 0.29) is 0 Å². The van der Waals surface area contributed by atoms with E-state index >= 15 is 0 Å². The molecule has 1 fully saturated rings. The summed E-state index contributed by atoms with van der Waals surface area (Å²) < 4.78 is 0.